The Balaban J connectivity index is 1.14. The van der Waals surface area contributed by atoms with Gasteiger partial charge in [-0.05, 0) is 72.9 Å². The van der Waals surface area contributed by atoms with Crippen LogP contribution in [0.4, 0.5) is 10.8 Å². The first-order valence-corrected chi connectivity index (χ1v) is 14.2. The Morgan fingerprint density at radius 3 is 2.24 bits per heavy atom. The predicted molar refractivity (Wildman–Crippen MR) is 157 cm³/mol. The first-order valence-electron chi connectivity index (χ1n) is 13.3. The second-order valence-electron chi connectivity index (χ2n) is 10.4. The first-order chi connectivity index (χ1) is 18.5. The fourth-order valence-corrected chi connectivity index (χ4v) is 6.25. The third kappa shape index (κ3) is 6.25. The minimum atomic E-state index is -0.905. The van der Waals surface area contributed by atoms with E-state index in [0.29, 0.717) is 12.1 Å². The lowest BCUT2D eigenvalue weighted by molar-refractivity contribution is 0.0697. The molecule has 0 bridgehead atoms. The molecule has 1 aliphatic carbocycles. The van der Waals surface area contributed by atoms with E-state index in [4.69, 9.17) is 10.1 Å². The van der Waals surface area contributed by atoms with E-state index in [9.17, 15) is 4.79 Å². The Labute approximate surface area is 229 Å². The van der Waals surface area contributed by atoms with Gasteiger partial charge in [-0.15, -0.1) is 11.3 Å². The van der Waals surface area contributed by atoms with Crippen LogP contribution in [0, 0.1) is 5.92 Å². The standard InChI is InChI=1S/C32H35N3O2S/c1-34(20-23-8-12-26(13-9-23)25-6-4-3-5-7-25)29-18-16-27(17-19-29)30-22-38-32(33-30)35(2)21-24-10-14-28(15-11-24)31(36)37/h3-7,10-11,14-19,22-23,26H,8-9,12-13,20-21H2,1-2H3,(H,36,37). The number of aromatic carboxylic acids is 1. The van der Waals surface area contributed by atoms with Gasteiger partial charge in [0.15, 0.2) is 5.13 Å². The molecular weight excluding hydrogens is 490 g/mol. The van der Waals surface area contributed by atoms with Crippen LogP contribution in [0.25, 0.3) is 11.3 Å². The van der Waals surface area contributed by atoms with E-state index in [1.165, 1.54) is 36.9 Å². The summed E-state index contributed by atoms with van der Waals surface area (Å²) in [5, 5.41) is 12.1. The molecule has 1 N–H and O–H groups in total. The smallest absolute Gasteiger partial charge is 0.335 e. The van der Waals surface area contributed by atoms with Crippen molar-refractivity contribution < 1.29 is 9.90 Å². The molecule has 0 unspecified atom stereocenters. The average Bonchev–Trinajstić information content (AvgIpc) is 3.45. The van der Waals surface area contributed by atoms with Crippen molar-refractivity contribution in [2.45, 2.75) is 38.1 Å². The van der Waals surface area contributed by atoms with Crippen molar-refractivity contribution in [2.24, 2.45) is 5.92 Å². The number of carboxylic acid groups (broad SMARTS) is 1. The van der Waals surface area contributed by atoms with Crippen molar-refractivity contribution in [3.05, 3.63) is 101 Å². The summed E-state index contributed by atoms with van der Waals surface area (Å²) in [7, 11) is 4.22. The number of aromatic nitrogens is 1. The molecule has 0 saturated heterocycles. The summed E-state index contributed by atoms with van der Waals surface area (Å²) in [5.74, 6) is 0.561. The molecule has 196 valence electrons. The third-order valence-corrected chi connectivity index (χ3v) is 8.65. The molecule has 0 atom stereocenters. The van der Waals surface area contributed by atoms with Crippen LogP contribution < -0.4 is 9.80 Å². The highest BCUT2D eigenvalue weighted by Gasteiger charge is 2.23. The topological polar surface area (TPSA) is 56.7 Å². The minimum Gasteiger partial charge on any atom is -0.478 e. The number of nitrogens with zero attached hydrogens (tertiary/aromatic N) is 3. The Kier molecular flexibility index (Phi) is 8.08. The van der Waals surface area contributed by atoms with E-state index < -0.39 is 5.97 Å². The Bertz CT molecular complexity index is 1330. The number of hydrogen-bond acceptors (Lipinski definition) is 5. The highest BCUT2D eigenvalue weighted by molar-refractivity contribution is 7.14. The fourth-order valence-electron chi connectivity index (χ4n) is 5.45. The summed E-state index contributed by atoms with van der Waals surface area (Å²) >= 11 is 1.62. The fraction of sp³-hybridized carbons (Fsp3) is 0.312. The van der Waals surface area contributed by atoms with Gasteiger partial charge in [0.05, 0.1) is 11.3 Å². The summed E-state index contributed by atoms with van der Waals surface area (Å²) in [6.07, 6.45) is 5.16. The van der Waals surface area contributed by atoms with Crippen molar-refractivity contribution in [1.29, 1.82) is 0 Å². The summed E-state index contributed by atoms with van der Waals surface area (Å²) in [4.78, 5) is 20.4. The molecule has 5 rings (SSSR count). The quantitative estimate of drug-likeness (QED) is 0.244. The zero-order valence-electron chi connectivity index (χ0n) is 22.1. The van der Waals surface area contributed by atoms with Gasteiger partial charge in [0.1, 0.15) is 0 Å². The maximum absolute atomic E-state index is 11.1. The zero-order valence-corrected chi connectivity index (χ0v) is 22.9. The van der Waals surface area contributed by atoms with E-state index in [2.05, 4.69) is 76.8 Å². The summed E-state index contributed by atoms with van der Waals surface area (Å²) < 4.78 is 0. The number of carbonyl (C=O) groups is 1. The molecule has 1 aromatic heterocycles. The van der Waals surface area contributed by atoms with Crippen LogP contribution >= 0.6 is 11.3 Å². The normalized spacial score (nSPS) is 17.2. The second-order valence-corrected chi connectivity index (χ2v) is 11.3. The summed E-state index contributed by atoms with van der Waals surface area (Å²) in [6.45, 7) is 1.77. The first kappa shape index (κ1) is 26.0. The number of benzene rings is 3. The van der Waals surface area contributed by atoms with E-state index >= 15 is 0 Å². The molecule has 5 nitrogen and oxygen atoms in total. The Morgan fingerprint density at radius 1 is 0.895 bits per heavy atom. The van der Waals surface area contributed by atoms with E-state index in [1.807, 2.05) is 19.2 Å². The van der Waals surface area contributed by atoms with Crippen molar-refractivity contribution >= 4 is 28.1 Å². The highest BCUT2D eigenvalue weighted by Crippen LogP contribution is 2.36. The van der Waals surface area contributed by atoms with Gasteiger partial charge in [0.2, 0.25) is 0 Å². The molecule has 1 saturated carbocycles. The Hall–Kier alpha value is -3.64. The van der Waals surface area contributed by atoms with Crippen LogP contribution in [-0.4, -0.2) is 36.7 Å². The monoisotopic (exact) mass is 525 g/mol. The SMILES string of the molecule is CN(CC1CCC(c2ccccc2)CC1)c1ccc(-c2csc(N(C)Cc3ccc(C(=O)O)cc3)n2)cc1. The molecular formula is C32H35N3O2S. The van der Waals surface area contributed by atoms with Crippen LogP contribution in [0.5, 0.6) is 0 Å². The van der Waals surface area contributed by atoms with Gasteiger partial charge in [-0.3, -0.25) is 0 Å². The number of rotatable bonds is 9. The van der Waals surface area contributed by atoms with Crippen LogP contribution in [0.3, 0.4) is 0 Å². The molecule has 0 aliphatic heterocycles. The van der Waals surface area contributed by atoms with E-state index in [-0.39, 0.29) is 0 Å². The molecule has 0 radical (unpaired) electrons. The van der Waals surface area contributed by atoms with Gasteiger partial charge in [-0.25, -0.2) is 9.78 Å². The average molecular weight is 526 g/mol. The molecule has 3 aromatic carbocycles. The van der Waals surface area contributed by atoms with Crippen LogP contribution in [0.2, 0.25) is 0 Å². The lowest BCUT2D eigenvalue weighted by Gasteiger charge is -2.32. The molecule has 6 heteroatoms. The maximum atomic E-state index is 11.1. The minimum absolute atomic E-state index is 0.303. The zero-order chi connectivity index (χ0) is 26.5. The van der Waals surface area contributed by atoms with Gasteiger partial charge in [-0.2, -0.15) is 0 Å². The van der Waals surface area contributed by atoms with Crippen LogP contribution in [-0.2, 0) is 6.54 Å². The summed E-state index contributed by atoms with van der Waals surface area (Å²) in [6, 6.07) is 26.7. The number of thiazole rings is 1. The molecule has 1 fully saturated rings. The van der Waals surface area contributed by atoms with Crippen molar-refractivity contribution in [3.8, 4) is 11.3 Å². The summed E-state index contributed by atoms with van der Waals surface area (Å²) in [5.41, 5.74) is 6.20. The molecule has 0 spiro atoms. The lowest BCUT2D eigenvalue weighted by atomic mass is 9.78. The Morgan fingerprint density at radius 2 is 1.58 bits per heavy atom. The number of hydrogen-bond donors (Lipinski definition) is 1. The number of carboxylic acids is 1. The third-order valence-electron chi connectivity index (χ3n) is 7.69. The predicted octanol–water partition coefficient (Wildman–Crippen LogP) is 7.55. The second kappa shape index (κ2) is 11.8. The van der Waals surface area contributed by atoms with Gasteiger partial charge >= 0.3 is 5.97 Å². The van der Waals surface area contributed by atoms with Gasteiger partial charge in [0.25, 0.3) is 0 Å². The molecule has 0 amide bonds. The molecule has 1 heterocycles. The molecule has 4 aromatic rings. The number of anilines is 2. The van der Waals surface area contributed by atoms with Gasteiger partial charge in [-0.1, -0.05) is 54.6 Å². The maximum Gasteiger partial charge on any atom is 0.335 e. The molecule has 38 heavy (non-hydrogen) atoms. The van der Waals surface area contributed by atoms with Crippen molar-refractivity contribution in [2.75, 3.05) is 30.4 Å². The van der Waals surface area contributed by atoms with Gasteiger partial charge in [0, 0.05) is 43.8 Å². The largest absolute Gasteiger partial charge is 0.478 e. The lowest BCUT2D eigenvalue weighted by Crippen LogP contribution is -2.28. The highest BCUT2D eigenvalue weighted by atomic mass is 32.1. The van der Waals surface area contributed by atoms with Crippen molar-refractivity contribution in [3.63, 3.8) is 0 Å². The van der Waals surface area contributed by atoms with Gasteiger partial charge < -0.3 is 14.9 Å². The van der Waals surface area contributed by atoms with E-state index in [0.717, 1.165) is 40.3 Å². The van der Waals surface area contributed by atoms with Crippen LogP contribution in [0.1, 0.15) is 53.1 Å². The van der Waals surface area contributed by atoms with Crippen LogP contribution in [0.15, 0.2) is 84.2 Å². The van der Waals surface area contributed by atoms with E-state index in [1.54, 1.807) is 23.5 Å². The molecule has 1 aliphatic rings. The van der Waals surface area contributed by atoms with Crippen molar-refractivity contribution in [1.82, 2.24) is 4.98 Å².